The third-order valence-electron chi connectivity index (χ3n) is 3.64. The summed E-state index contributed by atoms with van der Waals surface area (Å²) in [5, 5.41) is 15.3. The van der Waals surface area contributed by atoms with Crippen molar-refractivity contribution in [3.8, 4) is 5.75 Å². The quantitative estimate of drug-likeness (QED) is 0.590. The Balaban J connectivity index is 2.07. The van der Waals surface area contributed by atoms with Crippen LogP contribution in [0, 0.1) is 6.92 Å². The van der Waals surface area contributed by atoms with Gasteiger partial charge in [0, 0.05) is 11.5 Å². The van der Waals surface area contributed by atoms with E-state index in [9.17, 15) is 9.90 Å². The molecule has 0 amide bonds. The van der Waals surface area contributed by atoms with Gasteiger partial charge in [-0.25, -0.2) is 4.79 Å². The number of benzene rings is 1. The Hall–Kier alpha value is -3.15. The van der Waals surface area contributed by atoms with E-state index in [1.807, 2.05) is 22.9 Å². The van der Waals surface area contributed by atoms with E-state index in [1.165, 1.54) is 6.07 Å². The van der Waals surface area contributed by atoms with Crippen LogP contribution in [0.25, 0.3) is 10.9 Å². The molecule has 2 aromatic heterocycles. The fourth-order valence-electron chi connectivity index (χ4n) is 2.57. The molecule has 6 heteroatoms. The molecule has 0 unspecified atom stereocenters. The van der Waals surface area contributed by atoms with Gasteiger partial charge in [0.2, 0.25) is 0 Å². The lowest BCUT2D eigenvalue weighted by Gasteiger charge is -2.04. The standard InChI is InChI=1S/C18H17N3O3/c1-4-7-21-15-9-14(6-5-13(15)10-19-21)20-12(3)17-16(22)8-11(2)24-18(17)23/h4-6,8-10,22H,1,7H2,2-3H3. The van der Waals surface area contributed by atoms with E-state index in [2.05, 4.69) is 16.7 Å². The SMILES string of the molecule is C=CCn1ncc2ccc(N=C(C)c3c(O)cc(C)oc3=O)cc21. The van der Waals surface area contributed by atoms with Gasteiger partial charge in [-0.15, -0.1) is 6.58 Å². The van der Waals surface area contributed by atoms with Crippen molar-refractivity contribution in [3.63, 3.8) is 0 Å². The zero-order valence-electron chi connectivity index (χ0n) is 13.5. The maximum Gasteiger partial charge on any atom is 0.348 e. The van der Waals surface area contributed by atoms with Crippen molar-refractivity contribution in [2.45, 2.75) is 20.4 Å². The predicted octanol–water partition coefficient (Wildman–Crippen LogP) is 3.33. The van der Waals surface area contributed by atoms with Gasteiger partial charge in [-0.3, -0.25) is 9.67 Å². The Kier molecular flexibility index (Phi) is 4.04. The number of aromatic hydroxyl groups is 1. The molecule has 1 N–H and O–H groups in total. The summed E-state index contributed by atoms with van der Waals surface area (Å²) in [5.74, 6) is 0.214. The first-order chi connectivity index (χ1) is 11.5. The van der Waals surface area contributed by atoms with E-state index in [-0.39, 0.29) is 11.3 Å². The van der Waals surface area contributed by atoms with E-state index in [1.54, 1.807) is 26.1 Å². The molecule has 0 aliphatic carbocycles. The summed E-state index contributed by atoms with van der Waals surface area (Å²) in [5.41, 5.74) is 1.43. The van der Waals surface area contributed by atoms with E-state index in [0.717, 1.165) is 10.9 Å². The molecule has 24 heavy (non-hydrogen) atoms. The van der Waals surface area contributed by atoms with Crippen molar-refractivity contribution in [3.05, 3.63) is 64.9 Å². The molecule has 3 aromatic rings. The molecular weight excluding hydrogens is 306 g/mol. The molecule has 0 saturated carbocycles. The van der Waals surface area contributed by atoms with Crippen molar-refractivity contribution in [2.24, 2.45) is 4.99 Å². The van der Waals surface area contributed by atoms with Crippen LogP contribution in [0.5, 0.6) is 5.75 Å². The normalized spacial score (nSPS) is 11.8. The number of aliphatic imine (C=N–C) groups is 1. The van der Waals surface area contributed by atoms with Gasteiger partial charge in [0.15, 0.2) is 0 Å². The molecule has 1 aromatic carbocycles. The van der Waals surface area contributed by atoms with Gasteiger partial charge in [0.05, 0.1) is 29.7 Å². The number of allylic oxidation sites excluding steroid dienone is 1. The van der Waals surface area contributed by atoms with E-state index in [4.69, 9.17) is 4.42 Å². The second kappa shape index (κ2) is 6.16. The third kappa shape index (κ3) is 2.86. The molecule has 0 atom stereocenters. The van der Waals surface area contributed by atoms with Crippen LogP contribution in [0.4, 0.5) is 5.69 Å². The Morgan fingerprint density at radius 2 is 2.25 bits per heavy atom. The highest BCUT2D eigenvalue weighted by molar-refractivity contribution is 6.02. The van der Waals surface area contributed by atoms with E-state index in [0.29, 0.717) is 23.7 Å². The van der Waals surface area contributed by atoms with Gasteiger partial charge in [-0.05, 0) is 32.0 Å². The molecule has 6 nitrogen and oxygen atoms in total. The van der Waals surface area contributed by atoms with Crippen LogP contribution in [0.15, 0.2) is 57.3 Å². The van der Waals surface area contributed by atoms with Crippen LogP contribution in [0.3, 0.4) is 0 Å². The molecule has 122 valence electrons. The number of aromatic nitrogens is 2. The third-order valence-corrected chi connectivity index (χ3v) is 3.64. The minimum absolute atomic E-state index is 0.0697. The van der Waals surface area contributed by atoms with Gasteiger partial charge in [0.25, 0.3) is 0 Å². The second-order valence-electron chi connectivity index (χ2n) is 5.46. The molecule has 0 aliphatic rings. The minimum Gasteiger partial charge on any atom is -0.507 e. The molecular formula is C18H17N3O3. The molecule has 0 bridgehead atoms. The van der Waals surface area contributed by atoms with Gasteiger partial charge in [-0.2, -0.15) is 5.10 Å². The highest BCUT2D eigenvalue weighted by Gasteiger charge is 2.13. The lowest BCUT2D eigenvalue weighted by molar-refractivity contribution is 0.432. The average Bonchev–Trinajstić information content (AvgIpc) is 2.89. The minimum atomic E-state index is -0.605. The first kappa shape index (κ1) is 15.7. The largest absolute Gasteiger partial charge is 0.507 e. The van der Waals surface area contributed by atoms with Crippen molar-refractivity contribution in [2.75, 3.05) is 0 Å². The van der Waals surface area contributed by atoms with E-state index < -0.39 is 5.63 Å². The van der Waals surface area contributed by atoms with Crippen molar-refractivity contribution >= 4 is 22.3 Å². The fourth-order valence-corrected chi connectivity index (χ4v) is 2.57. The molecule has 0 saturated heterocycles. The van der Waals surface area contributed by atoms with E-state index >= 15 is 0 Å². The van der Waals surface area contributed by atoms with Crippen molar-refractivity contribution < 1.29 is 9.52 Å². The van der Waals surface area contributed by atoms with Crippen molar-refractivity contribution in [1.29, 1.82) is 0 Å². The van der Waals surface area contributed by atoms with Crippen LogP contribution >= 0.6 is 0 Å². The monoisotopic (exact) mass is 323 g/mol. The maximum absolute atomic E-state index is 12.0. The summed E-state index contributed by atoms with van der Waals surface area (Å²) in [7, 11) is 0. The van der Waals surface area contributed by atoms with Crippen molar-refractivity contribution in [1.82, 2.24) is 9.78 Å². The van der Waals surface area contributed by atoms with Crippen LogP contribution in [-0.2, 0) is 6.54 Å². The predicted molar refractivity (Wildman–Crippen MR) is 93.2 cm³/mol. The fraction of sp³-hybridized carbons (Fsp3) is 0.167. The molecule has 0 spiro atoms. The number of nitrogens with zero attached hydrogens (tertiary/aromatic N) is 3. The molecule has 0 fully saturated rings. The Bertz CT molecular complexity index is 1010. The zero-order valence-corrected chi connectivity index (χ0v) is 13.5. The van der Waals surface area contributed by atoms with Gasteiger partial charge < -0.3 is 9.52 Å². The van der Waals surface area contributed by atoms with Crippen LogP contribution in [0.2, 0.25) is 0 Å². The first-order valence-corrected chi connectivity index (χ1v) is 7.45. The van der Waals surface area contributed by atoms with Gasteiger partial charge in [0.1, 0.15) is 17.1 Å². The highest BCUT2D eigenvalue weighted by atomic mass is 16.4. The molecule has 3 rings (SSSR count). The highest BCUT2D eigenvalue weighted by Crippen LogP contribution is 2.23. The maximum atomic E-state index is 12.0. The first-order valence-electron chi connectivity index (χ1n) is 7.45. The average molecular weight is 323 g/mol. The molecule has 0 aliphatic heterocycles. The lowest BCUT2D eigenvalue weighted by Crippen LogP contribution is -2.12. The number of fused-ring (bicyclic) bond motifs is 1. The van der Waals surface area contributed by atoms with Crippen LogP contribution < -0.4 is 5.63 Å². The molecule has 2 heterocycles. The summed E-state index contributed by atoms with van der Waals surface area (Å²) in [6, 6.07) is 7.02. The summed E-state index contributed by atoms with van der Waals surface area (Å²) in [6.07, 6.45) is 3.54. The zero-order chi connectivity index (χ0) is 17.3. The van der Waals surface area contributed by atoms with Gasteiger partial charge in [-0.1, -0.05) is 6.08 Å². The van der Waals surface area contributed by atoms with Crippen LogP contribution in [-0.4, -0.2) is 20.6 Å². The summed E-state index contributed by atoms with van der Waals surface area (Å²) >= 11 is 0. The lowest BCUT2D eigenvalue weighted by atomic mass is 10.1. The number of aryl methyl sites for hydroxylation is 1. The summed E-state index contributed by atoms with van der Waals surface area (Å²) in [4.78, 5) is 16.4. The van der Waals surface area contributed by atoms with Gasteiger partial charge >= 0.3 is 5.63 Å². The summed E-state index contributed by atoms with van der Waals surface area (Å²) < 4.78 is 6.85. The summed E-state index contributed by atoms with van der Waals surface area (Å²) in [6.45, 7) is 7.58. The smallest absolute Gasteiger partial charge is 0.348 e. The number of rotatable bonds is 4. The Morgan fingerprint density at radius 3 is 2.96 bits per heavy atom. The number of hydrogen-bond donors (Lipinski definition) is 1. The van der Waals surface area contributed by atoms with Crippen LogP contribution in [0.1, 0.15) is 18.2 Å². The Labute approximate surface area is 138 Å². The second-order valence-corrected chi connectivity index (χ2v) is 5.46. The molecule has 0 radical (unpaired) electrons. The Morgan fingerprint density at radius 1 is 1.46 bits per heavy atom. The topological polar surface area (TPSA) is 80.6 Å². The number of hydrogen-bond acceptors (Lipinski definition) is 5.